The van der Waals surface area contributed by atoms with E-state index in [1.54, 1.807) is 12.1 Å². The average molecular weight is 381 g/mol. The van der Waals surface area contributed by atoms with E-state index in [1.165, 1.54) is 24.3 Å². The van der Waals surface area contributed by atoms with Crippen LogP contribution in [0.4, 0.5) is 10.1 Å². The molecule has 0 aliphatic rings. The molecule has 0 radical (unpaired) electrons. The van der Waals surface area contributed by atoms with Crippen LogP contribution < -0.4 is 15.8 Å². The smallest absolute Gasteiger partial charge is 0.344 e. The Hall–Kier alpha value is -3.13. The summed E-state index contributed by atoms with van der Waals surface area (Å²) in [4.78, 5) is 34.6. The van der Waals surface area contributed by atoms with Crippen LogP contribution in [0.15, 0.2) is 42.5 Å². The van der Waals surface area contributed by atoms with Gasteiger partial charge in [-0.3, -0.25) is 9.59 Å². The lowest BCUT2D eigenvalue weighted by Crippen LogP contribution is -2.24. The molecule has 0 saturated heterocycles. The molecule has 0 saturated carbocycles. The zero-order valence-corrected chi connectivity index (χ0v) is 14.1. The highest BCUT2D eigenvalue weighted by Gasteiger charge is 2.13. The largest absolute Gasteiger partial charge is 0.481 e. The molecule has 0 aromatic heterocycles. The zero-order chi connectivity index (χ0) is 19.1. The Labute approximate surface area is 152 Å². The van der Waals surface area contributed by atoms with Crippen molar-refractivity contribution >= 4 is 35.1 Å². The Kier molecular flexibility index (Phi) is 6.51. The molecule has 0 spiro atoms. The van der Waals surface area contributed by atoms with Crippen molar-refractivity contribution in [2.75, 3.05) is 18.5 Å². The van der Waals surface area contributed by atoms with Gasteiger partial charge in [0.15, 0.2) is 13.2 Å². The van der Waals surface area contributed by atoms with Gasteiger partial charge in [-0.25, -0.2) is 9.18 Å². The van der Waals surface area contributed by atoms with Crippen molar-refractivity contribution in [3.8, 4) is 5.75 Å². The first-order chi connectivity index (χ1) is 12.4. The Morgan fingerprint density at radius 2 is 1.85 bits per heavy atom. The van der Waals surface area contributed by atoms with Crippen LogP contribution in [0, 0.1) is 5.82 Å². The van der Waals surface area contributed by atoms with Crippen LogP contribution in [0.25, 0.3) is 0 Å². The number of primary amides is 1. The van der Waals surface area contributed by atoms with Gasteiger partial charge >= 0.3 is 5.97 Å². The van der Waals surface area contributed by atoms with Gasteiger partial charge in [-0.1, -0.05) is 23.7 Å². The second-order valence-electron chi connectivity index (χ2n) is 4.98. The monoisotopic (exact) mass is 380 g/mol. The summed E-state index contributed by atoms with van der Waals surface area (Å²) in [5, 5.41) is 2.46. The van der Waals surface area contributed by atoms with Gasteiger partial charge in [0.1, 0.15) is 11.6 Å². The molecule has 2 aromatic carbocycles. The van der Waals surface area contributed by atoms with Crippen molar-refractivity contribution in [1.82, 2.24) is 0 Å². The van der Waals surface area contributed by atoms with Gasteiger partial charge < -0.3 is 20.5 Å². The van der Waals surface area contributed by atoms with E-state index >= 15 is 0 Å². The van der Waals surface area contributed by atoms with Crippen LogP contribution in [0.1, 0.15) is 10.4 Å². The Morgan fingerprint density at radius 1 is 1.12 bits per heavy atom. The van der Waals surface area contributed by atoms with Crippen LogP contribution in [0.3, 0.4) is 0 Å². The molecule has 136 valence electrons. The first kappa shape index (κ1) is 19.2. The van der Waals surface area contributed by atoms with Gasteiger partial charge in [0.05, 0.1) is 11.3 Å². The molecule has 3 N–H and O–H groups in total. The lowest BCUT2D eigenvalue weighted by molar-refractivity contribution is -0.149. The lowest BCUT2D eigenvalue weighted by atomic mass is 10.2. The summed E-state index contributed by atoms with van der Waals surface area (Å²) in [6.45, 7) is -1.19. The first-order valence-electron chi connectivity index (χ1n) is 7.29. The molecule has 7 nitrogen and oxygen atoms in total. The fourth-order valence-electron chi connectivity index (χ4n) is 1.90. The highest BCUT2D eigenvalue weighted by Crippen LogP contribution is 2.19. The normalized spacial score (nSPS) is 10.1. The van der Waals surface area contributed by atoms with Crippen LogP contribution >= 0.6 is 11.6 Å². The molecular weight excluding hydrogens is 367 g/mol. The maximum Gasteiger partial charge on any atom is 0.344 e. The molecule has 0 fully saturated rings. The third-order valence-corrected chi connectivity index (χ3v) is 3.30. The van der Waals surface area contributed by atoms with Gasteiger partial charge in [0.25, 0.3) is 11.8 Å². The number of amides is 2. The van der Waals surface area contributed by atoms with Crippen LogP contribution in [-0.4, -0.2) is 31.0 Å². The minimum Gasteiger partial charge on any atom is -0.481 e. The number of carbonyl (C=O) groups is 3. The Bertz CT molecular complexity index is 844. The molecule has 2 amide bonds. The number of nitrogens with one attached hydrogen (secondary N) is 1. The number of rotatable bonds is 7. The van der Waals surface area contributed by atoms with E-state index in [0.29, 0.717) is 0 Å². The summed E-state index contributed by atoms with van der Waals surface area (Å²) in [5.74, 6) is -2.89. The maximum atomic E-state index is 13.5. The van der Waals surface area contributed by atoms with Gasteiger partial charge in [-0.15, -0.1) is 0 Å². The Balaban J connectivity index is 1.82. The van der Waals surface area contributed by atoms with Gasteiger partial charge in [-0.05, 0) is 30.3 Å². The molecule has 2 aromatic rings. The quantitative estimate of drug-likeness (QED) is 0.715. The molecule has 9 heteroatoms. The number of ether oxygens (including phenoxy) is 2. The summed E-state index contributed by atoms with van der Waals surface area (Å²) in [7, 11) is 0. The van der Waals surface area contributed by atoms with Crippen molar-refractivity contribution in [2.45, 2.75) is 0 Å². The molecule has 0 aliphatic heterocycles. The SMILES string of the molecule is NC(=O)c1ccccc1OCC(=O)OCC(=O)Nc1cc(Cl)ccc1F. The third kappa shape index (κ3) is 5.45. The molecular formula is C17H14ClFN2O5. The van der Waals surface area contributed by atoms with Crippen molar-refractivity contribution in [3.05, 3.63) is 58.9 Å². The molecule has 0 bridgehead atoms. The first-order valence-corrected chi connectivity index (χ1v) is 7.67. The summed E-state index contributed by atoms with van der Waals surface area (Å²) in [6, 6.07) is 9.73. The van der Waals surface area contributed by atoms with E-state index in [9.17, 15) is 18.8 Å². The number of anilines is 1. The van der Waals surface area contributed by atoms with E-state index in [4.69, 9.17) is 26.8 Å². The molecule has 0 unspecified atom stereocenters. The summed E-state index contributed by atoms with van der Waals surface area (Å²) in [6.07, 6.45) is 0. The van der Waals surface area contributed by atoms with Crippen LogP contribution in [0.5, 0.6) is 5.75 Å². The number of carbonyl (C=O) groups excluding carboxylic acids is 3. The zero-order valence-electron chi connectivity index (χ0n) is 13.3. The van der Waals surface area contributed by atoms with Crippen LogP contribution in [0.2, 0.25) is 5.02 Å². The van der Waals surface area contributed by atoms with Gasteiger partial charge in [0, 0.05) is 5.02 Å². The number of benzene rings is 2. The van der Waals surface area contributed by atoms with E-state index in [2.05, 4.69) is 5.32 Å². The molecule has 2 rings (SSSR count). The maximum absolute atomic E-state index is 13.5. The average Bonchev–Trinajstić information content (AvgIpc) is 2.61. The fraction of sp³-hybridized carbons (Fsp3) is 0.118. The summed E-state index contributed by atoms with van der Waals surface area (Å²) in [5.41, 5.74) is 5.16. The molecule has 26 heavy (non-hydrogen) atoms. The van der Waals surface area contributed by atoms with Crippen molar-refractivity contribution in [3.63, 3.8) is 0 Å². The number of hydrogen-bond acceptors (Lipinski definition) is 5. The summed E-state index contributed by atoms with van der Waals surface area (Å²) < 4.78 is 23.4. The highest BCUT2D eigenvalue weighted by molar-refractivity contribution is 6.30. The number of para-hydroxylation sites is 1. The number of halogens is 2. The van der Waals surface area contributed by atoms with Gasteiger partial charge in [-0.2, -0.15) is 0 Å². The highest BCUT2D eigenvalue weighted by atomic mass is 35.5. The minimum absolute atomic E-state index is 0.106. The van der Waals surface area contributed by atoms with E-state index in [0.717, 1.165) is 6.07 Å². The van der Waals surface area contributed by atoms with E-state index < -0.39 is 36.8 Å². The predicted molar refractivity (Wildman–Crippen MR) is 91.5 cm³/mol. The van der Waals surface area contributed by atoms with Crippen molar-refractivity contribution in [2.24, 2.45) is 5.73 Å². The standard InChI is InChI=1S/C17H14ClFN2O5/c18-10-5-6-12(19)13(7-10)21-15(22)8-26-16(23)9-25-14-4-2-1-3-11(14)17(20)24/h1-7H,8-9H2,(H2,20,24)(H,21,22). The van der Waals surface area contributed by atoms with Crippen molar-refractivity contribution < 1.29 is 28.2 Å². The second-order valence-corrected chi connectivity index (χ2v) is 5.42. The lowest BCUT2D eigenvalue weighted by Gasteiger charge is -2.10. The Morgan fingerprint density at radius 3 is 2.58 bits per heavy atom. The fourth-order valence-corrected chi connectivity index (χ4v) is 2.07. The number of nitrogens with two attached hydrogens (primary N) is 1. The second kappa shape index (κ2) is 8.82. The van der Waals surface area contributed by atoms with E-state index in [1.807, 2.05) is 0 Å². The van der Waals surface area contributed by atoms with Gasteiger partial charge in [0.2, 0.25) is 0 Å². The van der Waals surface area contributed by atoms with Crippen LogP contribution in [-0.2, 0) is 14.3 Å². The number of esters is 1. The predicted octanol–water partition coefficient (Wildman–Crippen LogP) is 2.14. The molecule has 0 atom stereocenters. The van der Waals surface area contributed by atoms with Crippen molar-refractivity contribution in [1.29, 1.82) is 0 Å². The third-order valence-electron chi connectivity index (χ3n) is 3.06. The minimum atomic E-state index is -0.856. The molecule has 0 aliphatic carbocycles. The van der Waals surface area contributed by atoms with E-state index in [-0.39, 0.29) is 22.0 Å². The molecule has 0 heterocycles. The summed E-state index contributed by atoms with van der Waals surface area (Å²) >= 11 is 5.71. The number of hydrogen-bond donors (Lipinski definition) is 2. The topological polar surface area (TPSA) is 108 Å².